The lowest BCUT2D eigenvalue weighted by Gasteiger charge is -2.31. The number of anilines is 1. The quantitative estimate of drug-likeness (QED) is 0.829. The number of urea groups is 1. The van der Waals surface area contributed by atoms with Crippen LogP contribution in [0.4, 0.5) is 10.5 Å². The molecule has 2 aliphatic rings. The summed E-state index contributed by atoms with van der Waals surface area (Å²) in [5, 5.41) is 5.53. The third-order valence-corrected chi connectivity index (χ3v) is 4.54. The highest BCUT2D eigenvalue weighted by atomic mass is 16.5. The summed E-state index contributed by atoms with van der Waals surface area (Å²) in [6, 6.07) is 7.89. The molecule has 24 heavy (non-hydrogen) atoms. The van der Waals surface area contributed by atoms with Gasteiger partial charge in [-0.2, -0.15) is 0 Å². The summed E-state index contributed by atoms with van der Waals surface area (Å²) in [7, 11) is 0. The van der Waals surface area contributed by atoms with E-state index in [4.69, 9.17) is 4.74 Å². The molecular weight excluding hydrogens is 306 g/mol. The maximum absolute atomic E-state index is 12.3. The second-order valence-corrected chi connectivity index (χ2v) is 6.24. The number of esters is 1. The summed E-state index contributed by atoms with van der Waals surface area (Å²) in [4.78, 5) is 26.4. The normalized spacial score (nSPS) is 22.8. The minimum absolute atomic E-state index is 0.286. The number of benzene rings is 1. The number of hydrogen-bond acceptors (Lipinski definition) is 4. The van der Waals surface area contributed by atoms with E-state index in [0.717, 1.165) is 12.1 Å². The lowest BCUT2D eigenvalue weighted by atomic mass is 10.0. The van der Waals surface area contributed by atoms with Gasteiger partial charge in [0, 0.05) is 11.7 Å². The second-order valence-electron chi connectivity index (χ2n) is 6.24. The van der Waals surface area contributed by atoms with Gasteiger partial charge in [-0.05, 0) is 38.8 Å². The van der Waals surface area contributed by atoms with Gasteiger partial charge in [-0.15, -0.1) is 0 Å². The van der Waals surface area contributed by atoms with E-state index in [2.05, 4.69) is 34.6 Å². The van der Waals surface area contributed by atoms with Gasteiger partial charge in [0.15, 0.2) is 0 Å². The first-order chi connectivity index (χ1) is 11.5. The van der Waals surface area contributed by atoms with Gasteiger partial charge in [-0.25, -0.2) is 9.59 Å². The molecule has 2 atom stereocenters. The lowest BCUT2D eigenvalue weighted by Crippen LogP contribution is -2.51. The number of nitrogens with zero attached hydrogens (tertiary/aromatic N) is 1. The van der Waals surface area contributed by atoms with Crippen LogP contribution in [0.1, 0.15) is 26.3 Å². The Bertz CT molecular complexity index is 699. The minimum atomic E-state index is -0.382. The predicted molar refractivity (Wildman–Crippen MR) is 91.7 cm³/mol. The first-order valence-electron chi connectivity index (χ1n) is 8.33. The number of carbonyl (C=O) groups excluding carboxylic acids is 2. The number of hydrogen-bond donors (Lipinski definition) is 2. The number of rotatable bonds is 4. The molecule has 3 rings (SSSR count). The minimum Gasteiger partial charge on any atom is -0.463 e. The van der Waals surface area contributed by atoms with E-state index in [9.17, 15) is 9.59 Å². The van der Waals surface area contributed by atoms with Crippen molar-refractivity contribution in [1.29, 1.82) is 0 Å². The van der Waals surface area contributed by atoms with Gasteiger partial charge in [0.05, 0.1) is 30.5 Å². The summed E-state index contributed by atoms with van der Waals surface area (Å²) in [6.07, 6.45) is 0.958. The second kappa shape index (κ2) is 6.55. The van der Waals surface area contributed by atoms with Crippen LogP contribution in [0.15, 0.2) is 35.5 Å². The van der Waals surface area contributed by atoms with Crippen molar-refractivity contribution in [3.8, 4) is 0 Å². The van der Waals surface area contributed by atoms with Gasteiger partial charge in [-0.1, -0.05) is 18.2 Å². The highest BCUT2D eigenvalue weighted by Crippen LogP contribution is 2.32. The SMILES string of the molecule is CCOC(=O)C1=C(CN2c3ccccc3C[C@H]2C)NC(=O)N[C@H]1C. The van der Waals surface area contributed by atoms with Gasteiger partial charge < -0.3 is 20.3 Å². The molecule has 0 unspecified atom stereocenters. The van der Waals surface area contributed by atoms with E-state index >= 15 is 0 Å². The van der Waals surface area contributed by atoms with Crippen molar-refractivity contribution < 1.29 is 14.3 Å². The molecule has 0 fully saturated rings. The molecule has 0 aromatic heterocycles. The highest BCUT2D eigenvalue weighted by Gasteiger charge is 2.33. The Morgan fingerprint density at radius 2 is 2.08 bits per heavy atom. The van der Waals surface area contributed by atoms with Crippen LogP contribution in [-0.4, -0.2) is 37.2 Å². The van der Waals surface area contributed by atoms with E-state index in [1.807, 2.05) is 12.1 Å². The molecule has 0 radical (unpaired) electrons. The first-order valence-corrected chi connectivity index (χ1v) is 8.33. The number of amides is 2. The zero-order valence-corrected chi connectivity index (χ0v) is 14.3. The molecule has 6 nitrogen and oxygen atoms in total. The molecule has 0 spiro atoms. The van der Waals surface area contributed by atoms with Gasteiger partial charge in [0.25, 0.3) is 0 Å². The Labute approximate surface area is 141 Å². The maximum atomic E-state index is 12.3. The summed E-state index contributed by atoms with van der Waals surface area (Å²) >= 11 is 0. The number of fused-ring (bicyclic) bond motifs is 1. The molecule has 2 N–H and O–H groups in total. The monoisotopic (exact) mass is 329 g/mol. The Morgan fingerprint density at radius 1 is 1.33 bits per heavy atom. The average molecular weight is 329 g/mol. The number of nitrogens with one attached hydrogen (secondary N) is 2. The topological polar surface area (TPSA) is 70.7 Å². The van der Waals surface area contributed by atoms with Crippen molar-refractivity contribution in [1.82, 2.24) is 10.6 Å². The molecule has 2 aliphatic heterocycles. The van der Waals surface area contributed by atoms with E-state index in [0.29, 0.717) is 30.5 Å². The Hall–Kier alpha value is -2.50. The molecule has 2 amide bonds. The van der Waals surface area contributed by atoms with Crippen molar-refractivity contribution in [3.63, 3.8) is 0 Å². The molecule has 1 aromatic rings. The fourth-order valence-electron chi connectivity index (χ4n) is 3.45. The molecule has 0 bridgehead atoms. The predicted octanol–water partition coefficient (Wildman–Crippen LogP) is 1.96. The molecule has 128 valence electrons. The third kappa shape index (κ3) is 2.96. The number of carbonyl (C=O) groups is 2. The lowest BCUT2D eigenvalue weighted by molar-refractivity contribution is -0.139. The van der Waals surface area contributed by atoms with Crippen LogP contribution in [0.25, 0.3) is 0 Å². The molecule has 1 aromatic carbocycles. The van der Waals surface area contributed by atoms with E-state index in [1.54, 1.807) is 13.8 Å². The summed E-state index contributed by atoms with van der Waals surface area (Å²) in [5.41, 5.74) is 3.55. The molecule has 2 heterocycles. The van der Waals surface area contributed by atoms with Gasteiger partial charge in [0.2, 0.25) is 0 Å². The summed E-state index contributed by atoms with van der Waals surface area (Å²) in [5.74, 6) is -0.382. The van der Waals surface area contributed by atoms with Crippen LogP contribution in [0.5, 0.6) is 0 Å². The zero-order valence-electron chi connectivity index (χ0n) is 14.3. The molecular formula is C18H23N3O3. The molecule has 0 saturated carbocycles. The Morgan fingerprint density at radius 3 is 2.83 bits per heavy atom. The van der Waals surface area contributed by atoms with Crippen LogP contribution >= 0.6 is 0 Å². The van der Waals surface area contributed by atoms with Crippen molar-refractivity contribution in [2.45, 2.75) is 39.3 Å². The van der Waals surface area contributed by atoms with Crippen LogP contribution in [0, 0.1) is 0 Å². The smallest absolute Gasteiger partial charge is 0.337 e. The molecule has 6 heteroatoms. The van der Waals surface area contributed by atoms with Crippen LogP contribution < -0.4 is 15.5 Å². The van der Waals surface area contributed by atoms with E-state index in [1.165, 1.54) is 5.56 Å². The van der Waals surface area contributed by atoms with Crippen LogP contribution in [0.2, 0.25) is 0 Å². The standard InChI is InChI=1S/C18H23N3O3/c1-4-24-17(22)16-12(3)19-18(23)20-14(16)10-21-11(2)9-13-7-5-6-8-15(13)21/h5-8,11-12H,4,9-10H2,1-3H3,(H2,19,20,23)/t11-,12+/m1/s1. The third-order valence-electron chi connectivity index (χ3n) is 4.54. The Balaban J connectivity index is 1.94. The van der Waals surface area contributed by atoms with Gasteiger partial charge in [0.1, 0.15) is 0 Å². The zero-order chi connectivity index (χ0) is 17.3. The van der Waals surface area contributed by atoms with Crippen molar-refractivity contribution in [2.75, 3.05) is 18.1 Å². The Kier molecular flexibility index (Phi) is 4.46. The van der Waals surface area contributed by atoms with Gasteiger partial charge >= 0.3 is 12.0 Å². The highest BCUT2D eigenvalue weighted by molar-refractivity contribution is 5.95. The maximum Gasteiger partial charge on any atom is 0.337 e. The summed E-state index contributed by atoms with van der Waals surface area (Å²) < 4.78 is 5.17. The largest absolute Gasteiger partial charge is 0.463 e. The average Bonchev–Trinajstić information content (AvgIpc) is 2.83. The fourth-order valence-corrected chi connectivity index (χ4v) is 3.45. The van der Waals surface area contributed by atoms with E-state index in [-0.39, 0.29) is 18.0 Å². The molecule has 0 saturated heterocycles. The summed E-state index contributed by atoms with van der Waals surface area (Å²) in [6.45, 7) is 6.50. The van der Waals surface area contributed by atoms with Crippen molar-refractivity contribution >= 4 is 17.7 Å². The number of ether oxygens (including phenoxy) is 1. The number of para-hydroxylation sites is 1. The van der Waals surface area contributed by atoms with Crippen molar-refractivity contribution in [3.05, 3.63) is 41.1 Å². The first kappa shape index (κ1) is 16.4. The van der Waals surface area contributed by atoms with Crippen molar-refractivity contribution in [2.24, 2.45) is 0 Å². The van der Waals surface area contributed by atoms with E-state index < -0.39 is 0 Å². The van der Waals surface area contributed by atoms with Crippen LogP contribution in [-0.2, 0) is 16.0 Å². The van der Waals surface area contributed by atoms with Gasteiger partial charge in [-0.3, -0.25) is 0 Å². The van der Waals surface area contributed by atoms with Crippen LogP contribution in [0.3, 0.4) is 0 Å². The fraction of sp³-hybridized carbons (Fsp3) is 0.444. The molecule has 0 aliphatic carbocycles.